The smallest absolute Gasteiger partial charge is 0.338 e. The molecule has 1 aliphatic heterocycles. The van der Waals surface area contributed by atoms with Crippen molar-refractivity contribution in [3.63, 3.8) is 0 Å². The van der Waals surface area contributed by atoms with E-state index in [2.05, 4.69) is 4.99 Å². The zero-order valence-electron chi connectivity index (χ0n) is 20.4. The summed E-state index contributed by atoms with van der Waals surface area (Å²) in [5.74, 6) is -1.06. The van der Waals surface area contributed by atoms with Crippen molar-refractivity contribution < 1.29 is 23.8 Å². The molecule has 0 N–H and O–H groups in total. The Hall–Kier alpha value is -3.82. The zero-order valence-corrected chi connectivity index (χ0v) is 21.3. The first-order chi connectivity index (χ1) is 17.3. The van der Waals surface area contributed by atoms with Gasteiger partial charge in [0.25, 0.3) is 5.56 Å². The van der Waals surface area contributed by atoms with Crippen molar-refractivity contribution in [3.8, 4) is 0 Å². The second-order valence-electron chi connectivity index (χ2n) is 8.23. The summed E-state index contributed by atoms with van der Waals surface area (Å²) in [5, 5.41) is 0. The highest BCUT2D eigenvalue weighted by Gasteiger charge is 2.33. The number of esters is 2. The molecule has 0 unspecified atom stereocenters. The Morgan fingerprint density at radius 1 is 1.00 bits per heavy atom. The first-order valence-electron chi connectivity index (χ1n) is 11.3. The highest BCUT2D eigenvalue weighted by Crippen LogP contribution is 2.31. The van der Waals surface area contributed by atoms with Crippen molar-refractivity contribution in [1.29, 1.82) is 0 Å². The van der Waals surface area contributed by atoms with Crippen molar-refractivity contribution in [2.45, 2.75) is 19.9 Å². The molecule has 4 rings (SSSR count). The molecule has 9 heteroatoms. The van der Waals surface area contributed by atoms with Gasteiger partial charge in [0.15, 0.2) is 4.80 Å². The molecule has 0 radical (unpaired) electrons. The molecule has 0 fully saturated rings. The number of aryl methyl sites for hydroxylation is 1. The Morgan fingerprint density at radius 3 is 2.33 bits per heavy atom. The van der Waals surface area contributed by atoms with Gasteiger partial charge in [-0.1, -0.05) is 53.3 Å². The predicted molar refractivity (Wildman–Crippen MR) is 136 cm³/mol. The van der Waals surface area contributed by atoms with Crippen LogP contribution in [0.15, 0.2) is 69.6 Å². The fourth-order valence-electron chi connectivity index (χ4n) is 3.93. The minimum atomic E-state index is -0.775. The van der Waals surface area contributed by atoms with E-state index in [1.807, 2.05) is 37.3 Å². The summed E-state index contributed by atoms with van der Waals surface area (Å²) in [4.78, 5) is 43.8. The number of rotatable bonds is 7. The van der Waals surface area contributed by atoms with Crippen LogP contribution < -0.4 is 14.9 Å². The minimum absolute atomic E-state index is 0.0674. The lowest BCUT2D eigenvalue weighted by atomic mass is 9.95. The van der Waals surface area contributed by atoms with Crippen molar-refractivity contribution in [2.24, 2.45) is 4.99 Å². The minimum Gasteiger partial charge on any atom is -0.465 e. The number of carbonyl (C=O) groups is 2. The number of allylic oxidation sites excluding steroid dienone is 1. The van der Waals surface area contributed by atoms with Gasteiger partial charge in [0.1, 0.15) is 6.61 Å². The van der Waals surface area contributed by atoms with E-state index >= 15 is 0 Å². The number of carbonyl (C=O) groups excluding carboxylic acids is 2. The van der Waals surface area contributed by atoms with Crippen LogP contribution in [-0.4, -0.2) is 43.9 Å². The van der Waals surface area contributed by atoms with Crippen LogP contribution in [0.3, 0.4) is 0 Å². The number of methoxy groups -OCH3 is 2. The molecule has 3 aromatic rings. The third-order valence-corrected chi connectivity index (χ3v) is 6.77. The van der Waals surface area contributed by atoms with Gasteiger partial charge in [-0.15, -0.1) is 0 Å². The lowest BCUT2D eigenvalue weighted by Crippen LogP contribution is -2.40. The topological polar surface area (TPSA) is 96.2 Å². The molecule has 2 heterocycles. The molecule has 0 aliphatic carbocycles. The summed E-state index contributed by atoms with van der Waals surface area (Å²) in [6.07, 6.45) is 1.82. The number of aromatic nitrogens is 1. The molecule has 0 bridgehead atoms. The molecule has 1 aliphatic rings. The average molecular weight is 507 g/mol. The fraction of sp³-hybridized carbons (Fsp3) is 0.259. The highest BCUT2D eigenvalue weighted by molar-refractivity contribution is 7.07. The van der Waals surface area contributed by atoms with Crippen LogP contribution in [-0.2, 0) is 19.0 Å². The molecule has 36 heavy (non-hydrogen) atoms. The van der Waals surface area contributed by atoms with E-state index in [1.54, 1.807) is 31.2 Å². The van der Waals surface area contributed by atoms with Gasteiger partial charge in [-0.2, -0.15) is 0 Å². The summed E-state index contributed by atoms with van der Waals surface area (Å²) in [6, 6.07) is 13.7. The Bertz CT molecular complexity index is 1500. The van der Waals surface area contributed by atoms with E-state index in [1.165, 1.54) is 30.1 Å². The van der Waals surface area contributed by atoms with E-state index in [4.69, 9.17) is 14.2 Å². The van der Waals surface area contributed by atoms with E-state index in [0.29, 0.717) is 26.2 Å². The standard InChI is InChI=1S/C27H26N2O6S/c1-16-5-7-18(8-6-16)15-21-24(30)29-23(19-9-11-20(12-10-19)25(31)34-4)22(17(2)28-27(29)36-21)26(32)35-14-13-33-3/h5-12,15,23H,13-14H2,1-4H3/b21-15+/t23-/m0/s1. The van der Waals surface area contributed by atoms with Crippen LogP contribution >= 0.6 is 11.3 Å². The van der Waals surface area contributed by atoms with Crippen molar-refractivity contribution >= 4 is 29.4 Å². The molecule has 0 saturated heterocycles. The fourth-order valence-corrected chi connectivity index (χ4v) is 4.97. The van der Waals surface area contributed by atoms with Gasteiger partial charge in [0.2, 0.25) is 0 Å². The predicted octanol–water partition coefficient (Wildman–Crippen LogP) is 2.52. The van der Waals surface area contributed by atoms with Crippen LogP contribution in [0.4, 0.5) is 0 Å². The SMILES string of the molecule is COCCOC(=O)C1=C(C)N=c2s/c(=C/c3ccc(C)cc3)c(=O)n2[C@H]1c1ccc(C(=O)OC)cc1. The zero-order chi connectivity index (χ0) is 25.8. The number of hydrogen-bond donors (Lipinski definition) is 0. The molecule has 0 amide bonds. The number of thiazole rings is 1. The average Bonchev–Trinajstić information content (AvgIpc) is 3.18. The maximum absolute atomic E-state index is 13.6. The van der Waals surface area contributed by atoms with Gasteiger partial charge in [-0.05, 0) is 43.2 Å². The summed E-state index contributed by atoms with van der Waals surface area (Å²) >= 11 is 1.26. The van der Waals surface area contributed by atoms with Gasteiger partial charge in [0, 0.05) is 7.11 Å². The Kier molecular flexibility index (Phi) is 7.61. The maximum Gasteiger partial charge on any atom is 0.338 e. The van der Waals surface area contributed by atoms with Gasteiger partial charge in [-0.3, -0.25) is 9.36 Å². The van der Waals surface area contributed by atoms with Crippen LogP contribution in [0.1, 0.15) is 40.0 Å². The van der Waals surface area contributed by atoms with Gasteiger partial charge in [0.05, 0.1) is 41.1 Å². The van der Waals surface area contributed by atoms with E-state index in [0.717, 1.165) is 11.1 Å². The second kappa shape index (κ2) is 10.8. The molecule has 186 valence electrons. The number of nitrogens with zero attached hydrogens (tertiary/aromatic N) is 2. The Balaban J connectivity index is 1.87. The Labute approximate surface area is 211 Å². The molecular weight excluding hydrogens is 480 g/mol. The normalized spacial score (nSPS) is 15.3. The molecule has 1 aromatic heterocycles. The summed E-state index contributed by atoms with van der Waals surface area (Å²) in [7, 11) is 2.83. The van der Waals surface area contributed by atoms with E-state index in [-0.39, 0.29) is 24.3 Å². The number of ether oxygens (including phenoxy) is 3. The second-order valence-corrected chi connectivity index (χ2v) is 9.24. The maximum atomic E-state index is 13.6. The van der Waals surface area contributed by atoms with Crippen molar-refractivity contribution in [3.05, 3.63) is 102 Å². The van der Waals surface area contributed by atoms with E-state index in [9.17, 15) is 14.4 Å². The summed E-state index contributed by atoms with van der Waals surface area (Å²) in [6.45, 7) is 4.03. The van der Waals surface area contributed by atoms with Crippen LogP contribution in [0.5, 0.6) is 0 Å². The molecule has 1 atom stereocenters. The van der Waals surface area contributed by atoms with Crippen LogP contribution in [0.2, 0.25) is 0 Å². The first kappa shape index (κ1) is 25.3. The van der Waals surface area contributed by atoms with Gasteiger partial charge < -0.3 is 14.2 Å². The van der Waals surface area contributed by atoms with E-state index < -0.39 is 18.0 Å². The number of hydrogen-bond acceptors (Lipinski definition) is 8. The summed E-state index contributed by atoms with van der Waals surface area (Å²) < 4.78 is 17.2. The quantitative estimate of drug-likeness (QED) is 0.361. The monoisotopic (exact) mass is 506 g/mol. The van der Waals surface area contributed by atoms with Gasteiger partial charge in [-0.25, -0.2) is 14.6 Å². The Morgan fingerprint density at radius 2 is 1.69 bits per heavy atom. The third kappa shape index (κ3) is 5.07. The van der Waals surface area contributed by atoms with Crippen LogP contribution in [0, 0.1) is 6.92 Å². The number of fused-ring (bicyclic) bond motifs is 1. The molecule has 2 aromatic carbocycles. The third-order valence-electron chi connectivity index (χ3n) is 5.78. The molecule has 0 saturated carbocycles. The van der Waals surface area contributed by atoms with Crippen molar-refractivity contribution in [1.82, 2.24) is 4.57 Å². The lowest BCUT2D eigenvalue weighted by Gasteiger charge is -2.25. The molecule has 0 spiro atoms. The number of benzene rings is 2. The van der Waals surface area contributed by atoms with Crippen molar-refractivity contribution in [2.75, 3.05) is 27.4 Å². The lowest BCUT2D eigenvalue weighted by molar-refractivity contribution is -0.140. The largest absolute Gasteiger partial charge is 0.465 e. The van der Waals surface area contributed by atoms with Gasteiger partial charge >= 0.3 is 11.9 Å². The molecule has 8 nitrogen and oxygen atoms in total. The molecular formula is C27H26N2O6S. The first-order valence-corrected chi connectivity index (χ1v) is 12.1. The highest BCUT2D eigenvalue weighted by atomic mass is 32.1. The van der Waals surface area contributed by atoms with Crippen LogP contribution in [0.25, 0.3) is 6.08 Å². The summed E-state index contributed by atoms with van der Waals surface area (Å²) in [5.41, 5.74) is 3.46.